The van der Waals surface area contributed by atoms with Crippen LogP contribution in [0.1, 0.15) is 6.92 Å². The van der Waals surface area contributed by atoms with Crippen molar-refractivity contribution < 1.29 is 0 Å². The number of benzene rings is 1. The van der Waals surface area contributed by atoms with E-state index in [2.05, 4.69) is 46.3 Å². The highest BCUT2D eigenvalue weighted by Gasteiger charge is 2.07. The lowest BCUT2D eigenvalue weighted by atomic mass is 10.2. The second-order valence-electron chi connectivity index (χ2n) is 4.04. The predicted octanol–water partition coefficient (Wildman–Crippen LogP) is 2.69. The zero-order valence-electron chi connectivity index (χ0n) is 10.3. The Morgan fingerprint density at radius 1 is 1.29 bits per heavy atom. The van der Waals surface area contributed by atoms with Gasteiger partial charge in [-0.15, -0.1) is 0 Å². The molecule has 0 aliphatic rings. The van der Waals surface area contributed by atoms with Gasteiger partial charge in [0, 0.05) is 31.9 Å². The SMILES string of the molecule is CCn1c(-c2ccc(N(C)C)cc2)n[nH]c1=S. The maximum absolute atomic E-state index is 5.18. The second kappa shape index (κ2) is 4.71. The summed E-state index contributed by atoms with van der Waals surface area (Å²) < 4.78 is 2.65. The molecule has 0 aliphatic heterocycles. The lowest BCUT2D eigenvalue weighted by Gasteiger charge is -2.12. The van der Waals surface area contributed by atoms with Gasteiger partial charge in [0.25, 0.3) is 0 Å². The molecule has 1 heterocycles. The Balaban J connectivity index is 2.43. The molecule has 1 aromatic heterocycles. The quantitative estimate of drug-likeness (QED) is 0.849. The predicted molar refractivity (Wildman–Crippen MR) is 72.8 cm³/mol. The minimum atomic E-state index is 0.666. The highest BCUT2D eigenvalue weighted by atomic mass is 32.1. The number of nitrogens with one attached hydrogen (secondary N) is 1. The van der Waals surface area contributed by atoms with E-state index in [0.29, 0.717) is 4.77 Å². The highest BCUT2D eigenvalue weighted by Crippen LogP contribution is 2.20. The molecule has 0 aliphatic carbocycles. The highest BCUT2D eigenvalue weighted by molar-refractivity contribution is 7.71. The van der Waals surface area contributed by atoms with Gasteiger partial charge >= 0.3 is 0 Å². The van der Waals surface area contributed by atoms with Crippen molar-refractivity contribution in [2.24, 2.45) is 0 Å². The lowest BCUT2D eigenvalue weighted by molar-refractivity contribution is 0.755. The molecule has 2 rings (SSSR count). The number of anilines is 1. The zero-order valence-corrected chi connectivity index (χ0v) is 11.1. The summed E-state index contributed by atoms with van der Waals surface area (Å²) in [6.07, 6.45) is 0. The van der Waals surface area contributed by atoms with Crippen molar-refractivity contribution in [3.63, 3.8) is 0 Å². The van der Waals surface area contributed by atoms with E-state index in [1.807, 2.05) is 18.7 Å². The van der Waals surface area contributed by atoms with Gasteiger partial charge in [0.1, 0.15) is 0 Å². The van der Waals surface area contributed by atoms with Gasteiger partial charge < -0.3 is 9.47 Å². The smallest absolute Gasteiger partial charge is 0.195 e. The van der Waals surface area contributed by atoms with Crippen molar-refractivity contribution >= 4 is 17.9 Å². The Kier molecular flexibility index (Phi) is 3.28. The molecule has 17 heavy (non-hydrogen) atoms. The van der Waals surface area contributed by atoms with Crippen molar-refractivity contribution in [3.05, 3.63) is 29.0 Å². The van der Waals surface area contributed by atoms with Gasteiger partial charge in [0.2, 0.25) is 0 Å². The Morgan fingerprint density at radius 3 is 2.47 bits per heavy atom. The van der Waals surface area contributed by atoms with Crippen molar-refractivity contribution in [1.82, 2.24) is 14.8 Å². The average Bonchev–Trinajstić information content (AvgIpc) is 2.70. The molecule has 90 valence electrons. The van der Waals surface area contributed by atoms with Gasteiger partial charge in [0.05, 0.1) is 0 Å². The molecule has 0 bridgehead atoms. The summed E-state index contributed by atoms with van der Waals surface area (Å²) in [4.78, 5) is 2.07. The van der Waals surface area contributed by atoms with Crippen LogP contribution in [-0.2, 0) is 6.54 Å². The number of aromatic nitrogens is 3. The van der Waals surface area contributed by atoms with Crippen LogP contribution in [0.2, 0.25) is 0 Å². The average molecular weight is 248 g/mol. The fourth-order valence-corrected chi connectivity index (χ4v) is 2.00. The molecule has 0 spiro atoms. The fraction of sp³-hybridized carbons (Fsp3) is 0.333. The first-order valence-electron chi connectivity index (χ1n) is 5.56. The van der Waals surface area contributed by atoms with E-state index in [0.717, 1.165) is 17.9 Å². The normalized spacial score (nSPS) is 10.5. The molecule has 5 heteroatoms. The van der Waals surface area contributed by atoms with Crippen LogP contribution in [0.4, 0.5) is 5.69 Å². The van der Waals surface area contributed by atoms with Gasteiger partial charge in [-0.2, -0.15) is 5.10 Å². The third-order valence-electron chi connectivity index (χ3n) is 2.72. The van der Waals surface area contributed by atoms with Crippen LogP contribution in [0.3, 0.4) is 0 Å². The van der Waals surface area contributed by atoms with Crippen molar-refractivity contribution in [2.75, 3.05) is 19.0 Å². The number of hydrogen-bond donors (Lipinski definition) is 1. The Hall–Kier alpha value is -1.62. The van der Waals surface area contributed by atoms with Crippen molar-refractivity contribution in [2.45, 2.75) is 13.5 Å². The third-order valence-corrected chi connectivity index (χ3v) is 3.03. The fourth-order valence-electron chi connectivity index (χ4n) is 1.74. The maximum atomic E-state index is 5.18. The zero-order chi connectivity index (χ0) is 12.4. The Morgan fingerprint density at radius 2 is 1.94 bits per heavy atom. The minimum Gasteiger partial charge on any atom is -0.378 e. The number of H-pyrrole nitrogens is 1. The van der Waals surface area contributed by atoms with Crippen LogP contribution >= 0.6 is 12.2 Å². The summed E-state index contributed by atoms with van der Waals surface area (Å²) in [6, 6.07) is 8.28. The van der Waals surface area contributed by atoms with Crippen LogP contribution in [0.15, 0.2) is 24.3 Å². The summed E-state index contributed by atoms with van der Waals surface area (Å²) >= 11 is 5.18. The minimum absolute atomic E-state index is 0.666. The van der Waals surface area contributed by atoms with E-state index in [1.165, 1.54) is 5.69 Å². The monoisotopic (exact) mass is 248 g/mol. The van der Waals surface area contributed by atoms with Gasteiger partial charge in [-0.3, -0.25) is 5.10 Å². The topological polar surface area (TPSA) is 36.9 Å². The number of hydrogen-bond acceptors (Lipinski definition) is 3. The van der Waals surface area contributed by atoms with Crippen LogP contribution in [0, 0.1) is 4.77 Å². The molecular formula is C12H16N4S. The number of nitrogens with zero attached hydrogens (tertiary/aromatic N) is 3. The second-order valence-corrected chi connectivity index (χ2v) is 4.42. The van der Waals surface area contributed by atoms with Crippen LogP contribution < -0.4 is 4.90 Å². The largest absolute Gasteiger partial charge is 0.378 e. The molecule has 0 amide bonds. The van der Waals surface area contributed by atoms with Crippen LogP contribution in [-0.4, -0.2) is 28.9 Å². The molecular weight excluding hydrogens is 232 g/mol. The van der Waals surface area contributed by atoms with E-state index in [4.69, 9.17) is 12.2 Å². The van der Waals surface area contributed by atoms with Crippen LogP contribution in [0.25, 0.3) is 11.4 Å². The van der Waals surface area contributed by atoms with E-state index in [9.17, 15) is 0 Å². The molecule has 0 fully saturated rings. The van der Waals surface area contributed by atoms with Gasteiger partial charge in [-0.25, -0.2) is 0 Å². The molecule has 4 nitrogen and oxygen atoms in total. The number of aromatic amines is 1. The van der Waals surface area contributed by atoms with Crippen molar-refractivity contribution in [1.29, 1.82) is 0 Å². The first-order chi connectivity index (χ1) is 8.13. The Labute approximate surface area is 106 Å². The Bertz CT molecular complexity index is 551. The summed E-state index contributed by atoms with van der Waals surface area (Å²) in [5.41, 5.74) is 2.25. The van der Waals surface area contributed by atoms with Gasteiger partial charge in [-0.1, -0.05) is 0 Å². The van der Waals surface area contributed by atoms with E-state index in [1.54, 1.807) is 0 Å². The van der Waals surface area contributed by atoms with Gasteiger partial charge in [-0.05, 0) is 43.4 Å². The summed E-state index contributed by atoms with van der Waals surface area (Å²) in [5, 5.41) is 7.09. The molecule has 1 aromatic carbocycles. The lowest BCUT2D eigenvalue weighted by Crippen LogP contribution is -2.08. The van der Waals surface area contributed by atoms with E-state index in [-0.39, 0.29) is 0 Å². The summed E-state index contributed by atoms with van der Waals surface area (Å²) in [6.45, 7) is 2.88. The maximum Gasteiger partial charge on any atom is 0.195 e. The molecule has 0 atom stereocenters. The third kappa shape index (κ3) is 2.24. The first kappa shape index (κ1) is 11.9. The van der Waals surface area contributed by atoms with Crippen LogP contribution in [0.5, 0.6) is 0 Å². The summed E-state index contributed by atoms with van der Waals surface area (Å²) in [7, 11) is 4.05. The molecule has 1 N–H and O–H groups in total. The molecule has 0 radical (unpaired) electrons. The standard InChI is InChI=1S/C12H16N4S/c1-4-16-11(13-14-12(16)17)9-5-7-10(8-6-9)15(2)3/h5-8H,4H2,1-3H3,(H,14,17). The number of rotatable bonds is 3. The first-order valence-corrected chi connectivity index (χ1v) is 5.97. The molecule has 0 unspecified atom stereocenters. The summed E-state index contributed by atoms with van der Waals surface area (Å²) in [5.74, 6) is 0.891. The van der Waals surface area contributed by atoms with Crippen molar-refractivity contribution in [3.8, 4) is 11.4 Å². The molecule has 0 saturated heterocycles. The molecule has 0 saturated carbocycles. The van der Waals surface area contributed by atoms with E-state index >= 15 is 0 Å². The van der Waals surface area contributed by atoms with E-state index < -0.39 is 0 Å². The van der Waals surface area contributed by atoms with Gasteiger partial charge in [0.15, 0.2) is 10.6 Å². The molecule has 2 aromatic rings.